The summed E-state index contributed by atoms with van der Waals surface area (Å²) in [5.74, 6) is 0.288. The number of rotatable bonds is 5. The van der Waals surface area contributed by atoms with Gasteiger partial charge >= 0.3 is 0 Å². The minimum absolute atomic E-state index is 0.00483. The van der Waals surface area contributed by atoms with E-state index in [0.29, 0.717) is 6.54 Å². The normalized spacial score (nSPS) is 19.3. The summed E-state index contributed by atoms with van der Waals surface area (Å²) < 4.78 is 0. The Morgan fingerprint density at radius 1 is 0.926 bits per heavy atom. The summed E-state index contributed by atoms with van der Waals surface area (Å²) in [6.45, 7) is 2.66. The maximum Gasteiger partial charge on any atom is 0.227 e. The number of nitrogens with zero attached hydrogens (tertiary/aromatic N) is 1. The molecule has 4 nitrogen and oxygen atoms in total. The second-order valence-electron chi connectivity index (χ2n) is 7.58. The summed E-state index contributed by atoms with van der Waals surface area (Å²) in [6, 6.07) is 17.9. The van der Waals surface area contributed by atoms with Crippen molar-refractivity contribution in [1.29, 1.82) is 0 Å². The molecule has 4 heteroatoms. The van der Waals surface area contributed by atoms with Crippen LogP contribution in [-0.2, 0) is 16.1 Å². The largest absolute Gasteiger partial charge is 0.341 e. The number of carbonyl (C=O) groups excluding carboxylic acids is 2. The third-order valence-corrected chi connectivity index (χ3v) is 5.41. The number of anilines is 1. The fraction of sp³-hybridized carbons (Fsp3) is 0.391. The Kier molecular flexibility index (Phi) is 6.28. The van der Waals surface area contributed by atoms with Gasteiger partial charge in [0, 0.05) is 31.1 Å². The molecule has 0 heterocycles. The zero-order valence-corrected chi connectivity index (χ0v) is 16.2. The summed E-state index contributed by atoms with van der Waals surface area (Å²) in [5, 5.41) is 3.00. The first-order valence-corrected chi connectivity index (χ1v) is 9.69. The van der Waals surface area contributed by atoms with Crippen molar-refractivity contribution in [2.24, 2.45) is 11.8 Å². The second-order valence-corrected chi connectivity index (χ2v) is 7.58. The van der Waals surface area contributed by atoms with Crippen molar-refractivity contribution in [1.82, 2.24) is 4.90 Å². The highest BCUT2D eigenvalue weighted by Crippen LogP contribution is 2.31. The lowest BCUT2D eigenvalue weighted by Crippen LogP contribution is -2.36. The van der Waals surface area contributed by atoms with Gasteiger partial charge in [-0.15, -0.1) is 0 Å². The first-order valence-electron chi connectivity index (χ1n) is 9.69. The molecule has 3 rings (SSSR count). The lowest BCUT2D eigenvalue weighted by Gasteiger charge is -2.30. The van der Waals surface area contributed by atoms with Crippen LogP contribution in [0.1, 0.15) is 36.8 Å². The molecule has 0 radical (unpaired) electrons. The first kappa shape index (κ1) is 19.2. The SMILES string of the molecule is Cc1ccc(NC(=O)C2CCC(C(=O)N(C)Cc3ccccc3)CC2)cc1. The Morgan fingerprint density at radius 3 is 2.15 bits per heavy atom. The molecule has 1 N–H and O–H groups in total. The van der Waals surface area contributed by atoms with Crippen LogP contribution in [0.4, 0.5) is 5.69 Å². The van der Waals surface area contributed by atoms with Crippen molar-refractivity contribution in [3.05, 3.63) is 65.7 Å². The van der Waals surface area contributed by atoms with Crippen molar-refractivity contribution in [3.63, 3.8) is 0 Å². The summed E-state index contributed by atoms with van der Waals surface area (Å²) in [7, 11) is 1.87. The molecule has 0 bridgehead atoms. The lowest BCUT2D eigenvalue weighted by molar-refractivity contribution is -0.137. The Bertz CT molecular complexity index is 763. The number of benzene rings is 2. The van der Waals surface area contributed by atoms with E-state index < -0.39 is 0 Å². The minimum Gasteiger partial charge on any atom is -0.341 e. The molecular formula is C23H28N2O2. The Hall–Kier alpha value is -2.62. The zero-order chi connectivity index (χ0) is 19.2. The summed E-state index contributed by atoms with van der Waals surface area (Å²) in [4.78, 5) is 27.0. The van der Waals surface area contributed by atoms with E-state index in [1.807, 2.05) is 73.5 Å². The standard InChI is InChI=1S/C23H28N2O2/c1-17-8-14-21(15-9-17)24-22(26)19-10-12-20(13-11-19)23(27)25(2)16-18-6-4-3-5-7-18/h3-9,14-15,19-20H,10-13,16H2,1-2H3,(H,24,26). The fourth-order valence-corrected chi connectivity index (χ4v) is 3.73. The predicted molar refractivity (Wildman–Crippen MR) is 108 cm³/mol. The van der Waals surface area contributed by atoms with Gasteiger partial charge in [0.1, 0.15) is 0 Å². The molecule has 1 saturated carbocycles. The van der Waals surface area contributed by atoms with Crippen LogP contribution in [0.25, 0.3) is 0 Å². The molecule has 0 spiro atoms. The van der Waals surface area contributed by atoms with E-state index in [2.05, 4.69) is 5.32 Å². The van der Waals surface area contributed by atoms with Crippen LogP contribution in [0.3, 0.4) is 0 Å². The smallest absolute Gasteiger partial charge is 0.227 e. The molecule has 2 aromatic carbocycles. The van der Waals surface area contributed by atoms with Crippen molar-refractivity contribution in [3.8, 4) is 0 Å². The van der Waals surface area contributed by atoms with Gasteiger partial charge in [-0.05, 0) is 50.3 Å². The number of carbonyl (C=O) groups is 2. The molecule has 0 aromatic heterocycles. The van der Waals surface area contributed by atoms with E-state index in [9.17, 15) is 9.59 Å². The highest BCUT2D eigenvalue weighted by Gasteiger charge is 2.31. The third kappa shape index (κ3) is 5.19. The molecule has 2 aromatic rings. The van der Waals surface area contributed by atoms with E-state index in [1.54, 1.807) is 0 Å². The molecule has 142 valence electrons. The highest BCUT2D eigenvalue weighted by molar-refractivity contribution is 5.92. The van der Waals surface area contributed by atoms with E-state index in [1.165, 1.54) is 5.56 Å². The van der Waals surface area contributed by atoms with E-state index in [-0.39, 0.29) is 23.7 Å². The molecule has 1 aliphatic carbocycles. The molecule has 1 fully saturated rings. The Labute approximate surface area is 161 Å². The van der Waals surface area contributed by atoms with E-state index >= 15 is 0 Å². The van der Waals surface area contributed by atoms with Crippen LogP contribution in [0, 0.1) is 18.8 Å². The highest BCUT2D eigenvalue weighted by atomic mass is 16.2. The van der Waals surface area contributed by atoms with Crippen molar-refractivity contribution >= 4 is 17.5 Å². The van der Waals surface area contributed by atoms with Crippen LogP contribution < -0.4 is 5.32 Å². The van der Waals surface area contributed by atoms with Gasteiger partial charge < -0.3 is 10.2 Å². The maximum atomic E-state index is 12.7. The second kappa shape index (κ2) is 8.85. The van der Waals surface area contributed by atoms with Gasteiger partial charge in [-0.3, -0.25) is 9.59 Å². The molecule has 2 amide bonds. The Balaban J connectivity index is 1.48. The van der Waals surface area contributed by atoms with Gasteiger partial charge in [-0.2, -0.15) is 0 Å². The Morgan fingerprint density at radius 2 is 1.52 bits per heavy atom. The number of amides is 2. The summed E-state index contributed by atoms with van der Waals surface area (Å²) >= 11 is 0. The van der Waals surface area contributed by atoms with Gasteiger partial charge in [0.05, 0.1) is 0 Å². The van der Waals surface area contributed by atoms with Crippen molar-refractivity contribution in [2.45, 2.75) is 39.2 Å². The summed E-state index contributed by atoms with van der Waals surface area (Å²) in [5.41, 5.74) is 3.15. The van der Waals surface area contributed by atoms with Crippen LogP contribution in [0.2, 0.25) is 0 Å². The van der Waals surface area contributed by atoms with Crippen LogP contribution in [0.5, 0.6) is 0 Å². The van der Waals surface area contributed by atoms with Crippen molar-refractivity contribution < 1.29 is 9.59 Å². The number of aryl methyl sites for hydroxylation is 1. The van der Waals surface area contributed by atoms with E-state index in [4.69, 9.17) is 0 Å². The van der Waals surface area contributed by atoms with Gasteiger partial charge in [-0.1, -0.05) is 48.0 Å². The molecule has 0 unspecified atom stereocenters. The quantitative estimate of drug-likeness (QED) is 0.855. The van der Waals surface area contributed by atoms with Gasteiger partial charge in [-0.25, -0.2) is 0 Å². The molecule has 1 aliphatic rings. The monoisotopic (exact) mass is 364 g/mol. The first-order chi connectivity index (χ1) is 13.0. The van der Waals surface area contributed by atoms with Crippen LogP contribution in [0.15, 0.2) is 54.6 Å². The molecule has 27 heavy (non-hydrogen) atoms. The van der Waals surface area contributed by atoms with Gasteiger partial charge in [0.25, 0.3) is 0 Å². The zero-order valence-electron chi connectivity index (χ0n) is 16.2. The van der Waals surface area contributed by atoms with Gasteiger partial charge in [0.2, 0.25) is 11.8 Å². The molecule has 0 saturated heterocycles. The fourth-order valence-electron chi connectivity index (χ4n) is 3.73. The summed E-state index contributed by atoms with van der Waals surface area (Å²) in [6.07, 6.45) is 3.11. The van der Waals surface area contributed by atoms with Crippen LogP contribution in [-0.4, -0.2) is 23.8 Å². The minimum atomic E-state index is -0.00483. The lowest BCUT2D eigenvalue weighted by atomic mass is 9.81. The van der Waals surface area contributed by atoms with Gasteiger partial charge in [0.15, 0.2) is 0 Å². The molecule has 0 atom stereocenters. The van der Waals surface area contributed by atoms with Crippen LogP contribution >= 0.6 is 0 Å². The topological polar surface area (TPSA) is 49.4 Å². The maximum absolute atomic E-state index is 12.7. The average Bonchev–Trinajstić information content (AvgIpc) is 2.70. The third-order valence-electron chi connectivity index (χ3n) is 5.41. The number of nitrogens with one attached hydrogen (secondary N) is 1. The predicted octanol–water partition coefficient (Wildman–Crippen LogP) is 4.40. The van der Waals surface area contributed by atoms with Crippen molar-refractivity contribution in [2.75, 3.05) is 12.4 Å². The average molecular weight is 364 g/mol. The number of hydrogen-bond acceptors (Lipinski definition) is 2. The van der Waals surface area contributed by atoms with E-state index in [0.717, 1.165) is 36.9 Å². The molecule has 0 aliphatic heterocycles. The molecular weight excluding hydrogens is 336 g/mol. The number of hydrogen-bond donors (Lipinski definition) is 1.